The summed E-state index contributed by atoms with van der Waals surface area (Å²) in [5, 5.41) is 0. The number of H-pyrrole nitrogens is 1. The van der Waals surface area contributed by atoms with E-state index in [4.69, 9.17) is 28.2 Å². The highest BCUT2D eigenvalue weighted by Crippen LogP contribution is 2.39. The molecule has 2 aromatic carbocycles. The van der Waals surface area contributed by atoms with Crippen molar-refractivity contribution in [3.05, 3.63) is 52.1 Å². The van der Waals surface area contributed by atoms with E-state index in [0.717, 1.165) is 39.1 Å². The SMILES string of the molecule is Cc1c(C)c(C(Cl)Cl)c(C)c(C)c1-c1nc2ccccc2[nH]1. The highest BCUT2D eigenvalue weighted by atomic mass is 35.5. The standard InChI is InChI=1S/C18H18Cl2N2/c1-9-11(3)16(12(4)10(2)15(9)17(19)20)18-21-13-7-5-6-8-14(13)22-18/h5-8,17H,1-4H3,(H,21,22). The Kier molecular flexibility index (Phi) is 3.92. The van der Waals surface area contributed by atoms with Crippen LogP contribution in [0.15, 0.2) is 24.3 Å². The molecule has 114 valence electrons. The molecule has 0 aliphatic rings. The van der Waals surface area contributed by atoms with Gasteiger partial charge in [0.25, 0.3) is 0 Å². The van der Waals surface area contributed by atoms with Gasteiger partial charge < -0.3 is 4.98 Å². The number of hydrogen-bond donors (Lipinski definition) is 1. The number of aromatic amines is 1. The molecule has 0 unspecified atom stereocenters. The van der Waals surface area contributed by atoms with Crippen LogP contribution in [-0.2, 0) is 0 Å². The van der Waals surface area contributed by atoms with Crippen molar-refractivity contribution >= 4 is 34.2 Å². The molecule has 0 aliphatic heterocycles. The van der Waals surface area contributed by atoms with Gasteiger partial charge in [-0.1, -0.05) is 12.1 Å². The number of imidazole rings is 1. The van der Waals surface area contributed by atoms with Crippen molar-refractivity contribution in [3.8, 4) is 11.4 Å². The van der Waals surface area contributed by atoms with E-state index in [0.29, 0.717) is 0 Å². The lowest BCUT2D eigenvalue weighted by atomic mass is 9.89. The summed E-state index contributed by atoms with van der Waals surface area (Å²) in [4.78, 5) is 7.65. The largest absolute Gasteiger partial charge is 0.338 e. The summed E-state index contributed by atoms with van der Waals surface area (Å²) in [6, 6.07) is 8.06. The van der Waals surface area contributed by atoms with Crippen LogP contribution in [0.4, 0.5) is 0 Å². The quantitative estimate of drug-likeness (QED) is 0.578. The molecule has 0 saturated heterocycles. The average molecular weight is 333 g/mol. The van der Waals surface area contributed by atoms with Crippen LogP contribution < -0.4 is 0 Å². The molecular weight excluding hydrogens is 315 g/mol. The monoisotopic (exact) mass is 332 g/mol. The lowest BCUT2D eigenvalue weighted by Gasteiger charge is -2.20. The molecule has 3 aromatic rings. The van der Waals surface area contributed by atoms with Gasteiger partial charge in [0.15, 0.2) is 0 Å². The van der Waals surface area contributed by atoms with Crippen molar-refractivity contribution in [2.75, 3.05) is 0 Å². The zero-order valence-electron chi connectivity index (χ0n) is 13.1. The Morgan fingerprint density at radius 3 is 2.05 bits per heavy atom. The summed E-state index contributed by atoms with van der Waals surface area (Å²) in [5.74, 6) is 0.898. The Morgan fingerprint density at radius 2 is 1.50 bits per heavy atom. The first-order chi connectivity index (χ1) is 10.4. The second-order valence-corrected chi connectivity index (χ2v) is 6.79. The molecule has 0 saturated carbocycles. The molecule has 0 spiro atoms. The minimum absolute atomic E-state index is 0.512. The van der Waals surface area contributed by atoms with Crippen LogP contribution >= 0.6 is 23.2 Å². The third-order valence-electron chi connectivity index (χ3n) is 4.53. The van der Waals surface area contributed by atoms with Gasteiger partial charge in [-0.25, -0.2) is 4.98 Å². The third-order valence-corrected chi connectivity index (χ3v) is 4.96. The summed E-state index contributed by atoms with van der Waals surface area (Å²) in [6.45, 7) is 8.34. The van der Waals surface area contributed by atoms with Crippen LogP contribution in [0.2, 0.25) is 0 Å². The van der Waals surface area contributed by atoms with Gasteiger partial charge in [0, 0.05) is 5.56 Å². The predicted molar refractivity (Wildman–Crippen MR) is 94.9 cm³/mol. The molecule has 0 radical (unpaired) electrons. The highest BCUT2D eigenvalue weighted by Gasteiger charge is 2.21. The lowest BCUT2D eigenvalue weighted by molar-refractivity contribution is 1.13. The van der Waals surface area contributed by atoms with Gasteiger partial charge >= 0.3 is 0 Å². The summed E-state index contributed by atoms with van der Waals surface area (Å²) >= 11 is 12.3. The van der Waals surface area contributed by atoms with E-state index in [-0.39, 0.29) is 0 Å². The number of nitrogens with one attached hydrogen (secondary N) is 1. The maximum Gasteiger partial charge on any atom is 0.139 e. The maximum atomic E-state index is 6.16. The summed E-state index contributed by atoms with van der Waals surface area (Å²) < 4.78 is 0. The Morgan fingerprint density at radius 1 is 0.909 bits per heavy atom. The van der Waals surface area contributed by atoms with Crippen LogP contribution in [0, 0.1) is 27.7 Å². The molecule has 1 heterocycles. The van der Waals surface area contributed by atoms with E-state index in [9.17, 15) is 0 Å². The number of alkyl halides is 2. The molecular formula is C18H18Cl2N2. The number of aromatic nitrogens is 2. The average Bonchev–Trinajstić information content (AvgIpc) is 2.88. The molecule has 3 rings (SSSR count). The first-order valence-electron chi connectivity index (χ1n) is 7.25. The Bertz CT molecular complexity index is 801. The molecule has 0 aliphatic carbocycles. The number of nitrogens with zero attached hydrogens (tertiary/aromatic N) is 1. The molecule has 4 heteroatoms. The number of fused-ring (bicyclic) bond motifs is 1. The summed E-state index contributed by atoms with van der Waals surface area (Å²) in [6.07, 6.45) is 0. The summed E-state index contributed by atoms with van der Waals surface area (Å²) in [5.41, 5.74) is 8.78. The van der Waals surface area contributed by atoms with Crippen LogP contribution in [-0.4, -0.2) is 9.97 Å². The molecule has 22 heavy (non-hydrogen) atoms. The molecule has 0 amide bonds. The lowest BCUT2D eigenvalue weighted by Crippen LogP contribution is -2.03. The number of halogens is 2. The van der Waals surface area contributed by atoms with Gasteiger partial charge in [0.05, 0.1) is 11.0 Å². The van der Waals surface area contributed by atoms with E-state index < -0.39 is 4.84 Å². The first-order valence-corrected chi connectivity index (χ1v) is 8.12. The van der Waals surface area contributed by atoms with Crippen molar-refractivity contribution in [2.24, 2.45) is 0 Å². The smallest absolute Gasteiger partial charge is 0.139 e. The number of benzene rings is 2. The second kappa shape index (κ2) is 5.60. The fourth-order valence-corrected chi connectivity index (χ4v) is 3.75. The molecule has 1 N–H and O–H groups in total. The van der Waals surface area contributed by atoms with Crippen molar-refractivity contribution in [1.82, 2.24) is 9.97 Å². The Labute approximate surface area is 140 Å². The minimum Gasteiger partial charge on any atom is -0.338 e. The van der Waals surface area contributed by atoms with E-state index in [2.05, 4.69) is 32.7 Å². The molecule has 2 nitrogen and oxygen atoms in total. The summed E-state index contributed by atoms with van der Waals surface area (Å²) in [7, 11) is 0. The fraction of sp³-hybridized carbons (Fsp3) is 0.278. The molecule has 0 atom stereocenters. The number of hydrogen-bond acceptors (Lipinski definition) is 1. The molecule has 0 bridgehead atoms. The normalized spacial score (nSPS) is 11.6. The highest BCUT2D eigenvalue weighted by molar-refractivity contribution is 6.44. The van der Waals surface area contributed by atoms with Crippen LogP contribution in [0.25, 0.3) is 22.4 Å². The third kappa shape index (κ3) is 2.31. The van der Waals surface area contributed by atoms with Gasteiger partial charge in [-0.3, -0.25) is 0 Å². The van der Waals surface area contributed by atoms with Crippen molar-refractivity contribution in [1.29, 1.82) is 0 Å². The predicted octanol–water partition coefficient (Wildman–Crippen LogP) is 5.94. The van der Waals surface area contributed by atoms with E-state index in [1.807, 2.05) is 24.3 Å². The van der Waals surface area contributed by atoms with E-state index in [1.54, 1.807) is 0 Å². The van der Waals surface area contributed by atoms with Crippen LogP contribution in [0.1, 0.15) is 32.7 Å². The van der Waals surface area contributed by atoms with Crippen LogP contribution in [0.5, 0.6) is 0 Å². The van der Waals surface area contributed by atoms with Gasteiger partial charge in [0.1, 0.15) is 10.7 Å². The van der Waals surface area contributed by atoms with Gasteiger partial charge in [0.2, 0.25) is 0 Å². The number of rotatable bonds is 2. The first kappa shape index (κ1) is 15.4. The topological polar surface area (TPSA) is 28.7 Å². The number of para-hydroxylation sites is 2. The van der Waals surface area contributed by atoms with Gasteiger partial charge in [-0.05, 0) is 67.6 Å². The van der Waals surface area contributed by atoms with Crippen molar-refractivity contribution < 1.29 is 0 Å². The van der Waals surface area contributed by atoms with E-state index in [1.165, 1.54) is 11.1 Å². The van der Waals surface area contributed by atoms with Gasteiger partial charge in [-0.15, -0.1) is 23.2 Å². The van der Waals surface area contributed by atoms with Crippen molar-refractivity contribution in [2.45, 2.75) is 32.5 Å². The fourth-order valence-electron chi connectivity index (χ4n) is 3.10. The van der Waals surface area contributed by atoms with Crippen LogP contribution in [0.3, 0.4) is 0 Å². The second-order valence-electron chi connectivity index (χ2n) is 5.69. The molecule has 1 aromatic heterocycles. The van der Waals surface area contributed by atoms with Gasteiger partial charge in [-0.2, -0.15) is 0 Å². The van der Waals surface area contributed by atoms with E-state index >= 15 is 0 Å². The minimum atomic E-state index is -0.512. The zero-order chi connectivity index (χ0) is 16.0. The zero-order valence-corrected chi connectivity index (χ0v) is 14.6. The Hall–Kier alpha value is -1.51. The Balaban J connectivity index is 2.31. The maximum absolute atomic E-state index is 6.16. The van der Waals surface area contributed by atoms with Crippen molar-refractivity contribution in [3.63, 3.8) is 0 Å². The molecule has 0 fully saturated rings.